The first-order chi connectivity index (χ1) is 10.7. The molecule has 0 radical (unpaired) electrons. The zero-order valence-electron chi connectivity index (χ0n) is 12.1. The monoisotopic (exact) mass is 297 g/mol. The molecule has 0 N–H and O–H groups in total. The fraction of sp³-hybridized carbons (Fsp3) is 0.118. The summed E-state index contributed by atoms with van der Waals surface area (Å²) in [5.41, 5.74) is 1.47. The van der Waals surface area contributed by atoms with Crippen LogP contribution in [0.2, 0.25) is 0 Å². The molecule has 0 spiro atoms. The van der Waals surface area contributed by atoms with E-state index in [1.807, 2.05) is 0 Å². The minimum absolute atomic E-state index is 0.287. The number of allylic oxidation sites excluding steroid dienone is 1. The standard InChI is InChI=1S/C17H15NO4/c1-3-4-14-9-12(11-19)10-15(21-2)16(14)22-17(20)13-5-7-18-8-6-13/h3,5-11H,1,4H2,2H3. The zero-order chi connectivity index (χ0) is 15.9. The third-order valence-electron chi connectivity index (χ3n) is 2.99. The van der Waals surface area contributed by atoms with Gasteiger partial charge in [0, 0.05) is 23.5 Å². The van der Waals surface area contributed by atoms with E-state index in [2.05, 4.69) is 11.6 Å². The second-order valence-electron chi connectivity index (χ2n) is 4.45. The predicted octanol–water partition coefficient (Wildman–Crippen LogP) is 2.85. The molecule has 0 fully saturated rings. The lowest BCUT2D eigenvalue weighted by molar-refractivity contribution is 0.0728. The maximum atomic E-state index is 12.2. The Morgan fingerprint density at radius 2 is 2.05 bits per heavy atom. The molecule has 0 aliphatic rings. The molecule has 0 saturated carbocycles. The first-order valence-electron chi connectivity index (χ1n) is 6.58. The fourth-order valence-electron chi connectivity index (χ4n) is 1.97. The fourth-order valence-corrected chi connectivity index (χ4v) is 1.97. The van der Waals surface area contributed by atoms with Gasteiger partial charge in [-0.05, 0) is 30.7 Å². The molecule has 1 heterocycles. The smallest absolute Gasteiger partial charge is 0.343 e. The summed E-state index contributed by atoms with van der Waals surface area (Å²) in [5.74, 6) is 0.0866. The number of hydrogen-bond acceptors (Lipinski definition) is 5. The van der Waals surface area contributed by atoms with E-state index in [-0.39, 0.29) is 5.75 Å². The van der Waals surface area contributed by atoms with Crippen LogP contribution in [0.4, 0.5) is 0 Å². The van der Waals surface area contributed by atoms with Crippen LogP contribution in [0.3, 0.4) is 0 Å². The Hall–Kier alpha value is -2.95. The average molecular weight is 297 g/mol. The van der Waals surface area contributed by atoms with Gasteiger partial charge >= 0.3 is 5.97 Å². The molecule has 0 unspecified atom stereocenters. The average Bonchev–Trinajstić information content (AvgIpc) is 2.57. The zero-order valence-corrected chi connectivity index (χ0v) is 12.1. The highest BCUT2D eigenvalue weighted by Gasteiger charge is 2.17. The summed E-state index contributed by atoms with van der Waals surface area (Å²) >= 11 is 0. The van der Waals surface area contributed by atoms with Crippen LogP contribution in [0.1, 0.15) is 26.3 Å². The molecule has 1 aromatic carbocycles. The highest BCUT2D eigenvalue weighted by atomic mass is 16.6. The number of methoxy groups -OCH3 is 1. The van der Waals surface area contributed by atoms with Gasteiger partial charge in [-0.3, -0.25) is 9.78 Å². The number of carbonyl (C=O) groups is 2. The second kappa shape index (κ2) is 7.17. The van der Waals surface area contributed by atoms with Gasteiger partial charge in [-0.25, -0.2) is 4.79 Å². The molecule has 5 nitrogen and oxygen atoms in total. The predicted molar refractivity (Wildman–Crippen MR) is 81.5 cm³/mol. The number of aldehydes is 1. The van der Waals surface area contributed by atoms with Crippen molar-refractivity contribution in [1.82, 2.24) is 4.98 Å². The van der Waals surface area contributed by atoms with E-state index in [0.717, 1.165) is 0 Å². The summed E-state index contributed by atoms with van der Waals surface area (Å²) < 4.78 is 10.7. The van der Waals surface area contributed by atoms with Crippen molar-refractivity contribution in [2.75, 3.05) is 7.11 Å². The van der Waals surface area contributed by atoms with Gasteiger partial charge in [-0.2, -0.15) is 0 Å². The van der Waals surface area contributed by atoms with Crippen molar-refractivity contribution in [2.45, 2.75) is 6.42 Å². The molecule has 0 aliphatic heterocycles. The molecular formula is C17H15NO4. The summed E-state index contributed by atoms with van der Waals surface area (Å²) in [6.07, 6.45) is 5.83. The number of benzene rings is 1. The Kier molecular flexibility index (Phi) is 5.03. The molecule has 22 heavy (non-hydrogen) atoms. The molecule has 2 rings (SSSR count). The van der Waals surface area contributed by atoms with Crippen LogP contribution in [0.5, 0.6) is 11.5 Å². The quantitative estimate of drug-likeness (QED) is 0.355. The topological polar surface area (TPSA) is 65.5 Å². The molecule has 0 atom stereocenters. The summed E-state index contributed by atoms with van der Waals surface area (Å²) in [6, 6.07) is 6.28. The molecule has 0 bridgehead atoms. The van der Waals surface area contributed by atoms with E-state index in [1.54, 1.807) is 24.3 Å². The van der Waals surface area contributed by atoms with Crippen LogP contribution in [0, 0.1) is 0 Å². The molecule has 0 amide bonds. The maximum Gasteiger partial charge on any atom is 0.343 e. The second-order valence-corrected chi connectivity index (χ2v) is 4.45. The number of rotatable bonds is 6. The first-order valence-corrected chi connectivity index (χ1v) is 6.58. The lowest BCUT2D eigenvalue weighted by Crippen LogP contribution is -2.11. The van der Waals surface area contributed by atoms with Crippen molar-refractivity contribution in [1.29, 1.82) is 0 Å². The van der Waals surface area contributed by atoms with Gasteiger partial charge in [-0.1, -0.05) is 6.08 Å². The van der Waals surface area contributed by atoms with Gasteiger partial charge < -0.3 is 9.47 Å². The Balaban J connectivity index is 2.42. The molecule has 1 aromatic heterocycles. The lowest BCUT2D eigenvalue weighted by atomic mass is 10.1. The minimum Gasteiger partial charge on any atom is -0.493 e. The van der Waals surface area contributed by atoms with Crippen LogP contribution in [-0.4, -0.2) is 24.3 Å². The molecule has 5 heteroatoms. The van der Waals surface area contributed by atoms with Crippen LogP contribution in [-0.2, 0) is 6.42 Å². The maximum absolute atomic E-state index is 12.2. The first kappa shape index (κ1) is 15.4. The number of aromatic nitrogens is 1. The van der Waals surface area contributed by atoms with Crippen molar-refractivity contribution in [3.8, 4) is 11.5 Å². The van der Waals surface area contributed by atoms with Crippen molar-refractivity contribution in [3.05, 3.63) is 66.0 Å². The van der Waals surface area contributed by atoms with Crippen LogP contribution < -0.4 is 9.47 Å². The van der Waals surface area contributed by atoms with E-state index in [1.165, 1.54) is 25.6 Å². The van der Waals surface area contributed by atoms with Gasteiger partial charge in [0.1, 0.15) is 6.29 Å². The van der Waals surface area contributed by atoms with E-state index < -0.39 is 5.97 Å². The van der Waals surface area contributed by atoms with E-state index in [9.17, 15) is 9.59 Å². The van der Waals surface area contributed by atoms with Crippen molar-refractivity contribution in [2.24, 2.45) is 0 Å². The summed E-state index contributed by atoms with van der Waals surface area (Å²) in [4.78, 5) is 27.0. The molecule has 112 valence electrons. The van der Waals surface area contributed by atoms with Gasteiger partial charge in [-0.15, -0.1) is 6.58 Å². The largest absolute Gasteiger partial charge is 0.493 e. The van der Waals surface area contributed by atoms with E-state index in [0.29, 0.717) is 35.1 Å². The third-order valence-corrected chi connectivity index (χ3v) is 2.99. The molecule has 2 aromatic rings. The van der Waals surface area contributed by atoms with E-state index >= 15 is 0 Å². The van der Waals surface area contributed by atoms with Crippen LogP contribution in [0.15, 0.2) is 49.3 Å². The summed E-state index contributed by atoms with van der Waals surface area (Å²) in [7, 11) is 1.45. The van der Waals surface area contributed by atoms with Crippen molar-refractivity contribution >= 4 is 12.3 Å². The highest BCUT2D eigenvalue weighted by Crippen LogP contribution is 2.33. The van der Waals surface area contributed by atoms with Gasteiger partial charge in [0.15, 0.2) is 11.5 Å². The normalized spacial score (nSPS) is 9.86. The van der Waals surface area contributed by atoms with Crippen LogP contribution in [0.25, 0.3) is 0 Å². The van der Waals surface area contributed by atoms with Gasteiger partial charge in [0.2, 0.25) is 0 Å². The number of esters is 1. The molecule has 0 aliphatic carbocycles. The van der Waals surface area contributed by atoms with Crippen molar-refractivity contribution in [3.63, 3.8) is 0 Å². The highest BCUT2D eigenvalue weighted by molar-refractivity contribution is 5.91. The lowest BCUT2D eigenvalue weighted by Gasteiger charge is -2.14. The Labute approximate surface area is 128 Å². The Morgan fingerprint density at radius 3 is 2.64 bits per heavy atom. The van der Waals surface area contributed by atoms with Gasteiger partial charge in [0.05, 0.1) is 12.7 Å². The SMILES string of the molecule is C=CCc1cc(C=O)cc(OC)c1OC(=O)c1ccncc1. The number of hydrogen-bond donors (Lipinski definition) is 0. The summed E-state index contributed by atoms with van der Waals surface area (Å²) in [5, 5.41) is 0. The Morgan fingerprint density at radius 1 is 1.32 bits per heavy atom. The van der Waals surface area contributed by atoms with Crippen molar-refractivity contribution < 1.29 is 19.1 Å². The van der Waals surface area contributed by atoms with Crippen LogP contribution >= 0.6 is 0 Å². The molecule has 0 saturated heterocycles. The van der Waals surface area contributed by atoms with E-state index in [4.69, 9.17) is 9.47 Å². The minimum atomic E-state index is -0.523. The Bertz CT molecular complexity index is 695. The molecular weight excluding hydrogens is 282 g/mol. The number of ether oxygens (including phenoxy) is 2. The van der Waals surface area contributed by atoms with Gasteiger partial charge in [0.25, 0.3) is 0 Å². The third kappa shape index (κ3) is 3.38. The number of nitrogens with zero attached hydrogens (tertiary/aromatic N) is 1. The summed E-state index contributed by atoms with van der Waals surface area (Å²) in [6.45, 7) is 3.67. The number of pyridine rings is 1. The number of carbonyl (C=O) groups excluding carboxylic acids is 2.